The molecule has 1 aliphatic rings. The maximum Gasteiger partial charge on any atom is 0.269 e. The first-order chi connectivity index (χ1) is 11.0. The van der Waals surface area contributed by atoms with Gasteiger partial charge in [0.25, 0.3) is 5.91 Å². The highest BCUT2D eigenvalue weighted by molar-refractivity contribution is 6.25. The summed E-state index contributed by atoms with van der Waals surface area (Å²) in [5.41, 5.74) is 1.50. The third-order valence-corrected chi connectivity index (χ3v) is 3.69. The summed E-state index contributed by atoms with van der Waals surface area (Å²) in [4.78, 5) is 26.1. The quantitative estimate of drug-likeness (QED) is 0.681. The monoisotopic (exact) mass is 307 g/mol. The van der Waals surface area contributed by atoms with Gasteiger partial charge in [0.05, 0.1) is 24.8 Å². The Labute approximate surface area is 133 Å². The minimum atomic E-state index is -0.578. The van der Waals surface area contributed by atoms with Gasteiger partial charge in [0.2, 0.25) is 5.91 Å². The summed E-state index contributed by atoms with van der Waals surface area (Å²) in [6.07, 6.45) is 5.35. The second-order valence-electron chi connectivity index (χ2n) is 5.09. The molecule has 0 spiro atoms. The first kappa shape index (κ1) is 14.7. The van der Waals surface area contributed by atoms with Crippen LogP contribution in [-0.4, -0.2) is 24.0 Å². The number of carbonyl (C=O) groups is 2. The molecule has 23 heavy (non-hydrogen) atoms. The molecule has 0 saturated heterocycles. The second kappa shape index (κ2) is 5.50. The molecule has 0 aliphatic carbocycles. The van der Waals surface area contributed by atoms with Gasteiger partial charge in [-0.25, -0.2) is 4.90 Å². The maximum absolute atomic E-state index is 12.7. The van der Waals surface area contributed by atoms with Crippen molar-refractivity contribution in [3.05, 3.63) is 53.1 Å². The predicted octanol–water partition coefficient (Wildman–Crippen LogP) is 2.11. The number of phenolic OH excluding ortho intramolecular Hbond substituents is 1. The number of fused-ring (bicyclic) bond motifs is 1. The van der Waals surface area contributed by atoms with Crippen LogP contribution in [0.5, 0.6) is 11.5 Å². The van der Waals surface area contributed by atoms with E-state index in [2.05, 4.69) is 5.92 Å². The molecule has 0 saturated carbocycles. The average molecular weight is 307 g/mol. The molecule has 0 fully saturated rings. The topological polar surface area (TPSA) is 66.8 Å². The van der Waals surface area contributed by atoms with Gasteiger partial charge in [0.15, 0.2) is 0 Å². The summed E-state index contributed by atoms with van der Waals surface area (Å²) in [5, 5.41) is 10.1. The number of amides is 2. The van der Waals surface area contributed by atoms with E-state index in [9.17, 15) is 14.7 Å². The molecule has 1 N–H and O–H groups in total. The second-order valence-corrected chi connectivity index (χ2v) is 5.09. The Hall–Kier alpha value is -3.26. The van der Waals surface area contributed by atoms with Gasteiger partial charge in [0, 0.05) is 11.6 Å². The number of nitrogens with zero attached hydrogens (tertiary/aromatic N) is 1. The number of anilines is 1. The molecule has 2 aromatic carbocycles. The van der Waals surface area contributed by atoms with Gasteiger partial charge >= 0.3 is 0 Å². The van der Waals surface area contributed by atoms with Crippen molar-refractivity contribution in [3.63, 3.8) is 0 Å². The number of benzene rings is 2. The molecule has 2 amide bonds. The summed E-state index contributed by atoms with van der Waals surface area (Å²) < 4.78 is 5.05. The van der Waals surface area contributed by atoms with E-state index in [-0.39, 0.29) is 23.6 Å². The number of rotatable bonds is 2. The minimum Gasteiger partial charge on any atom is -0.507 e. The SMILES string of the molecule is C#Cc1cccc(N2C(=O)Cc3cc(OC)cc(O)c3C2=O)c1. The number of phenols is 1. The van der Waals surface area contributed by atoms with E-state index in [0.29, 0.717) is 22.6 Å². The number of imide groups is 1. The van der Waals surface area contributed by atoms with Crippen LogP contribution in [0.2, 0.25) is 0 Å². The van der Waals surface area contributed by atoms with E-state index < -0.39 is 5.91 Å². The minimum absolute atomic E-state index is 0.00782. The van der Waals surface area contributed by atoms with Crippen molar-refractivity contribution in [3.8, 4) is 23.8 Å². The molecule has 0 atom stereocenters. The third-order valence-electron chi connectivity index (χ3n) is 3.69. The van der Waals surface area contributed by atoms with Crippen LogP contribution in [0.4, 0.5) is 5.69 Å². The number of ether oxygens (including phenoxy) is 1. The number of hydrogen-bond donors (Lipinski definition) is 1. The molecule has 3 rings (SSSR count). The molecule has 1 heterocycles. The van der Waals surface area contributed by atoms with Crippen LogP contribution >= 0.6 is 0 Å². The van der Waals surface area contributed by atoms with E-state index in [4.69, 9.17) is 11.2 Å². The smallest absolute Gasteiger partial charge is 0.269 e. The summed E-state index contributed by atoms with van der Waals surface area (Å²) in [7, 11) is 1.45. The van der Waals surface area contributed by atoms with Crippen molar-refractivity contribution >= 4 is 17.5 Å². The average Bonchev–Trinajstić information content (AvgIpc) is 2.54. The van der Waals surface area contributed by atoms with Crippen molar-refractivity contribution in [2.45, 2.75) is 6.42 Å². The van der Waals surface area contributed by atoms with E-state index in [1.54, 1.807) is 30.3 Å². The van der Waals surface area contributed by atoms with Crippen LogP contribution < -0.4 is 9.64 Å². The first-order valence-electron chi connectivity index (χ1n) is 6.89. The highest BCUT2D eigenvalue weighted by atomic mass is 16.5. The van der Waals surface area contributed by atoms with Gasteiger partial charge in [-0.3, -0.25) is 9.59 Å². The van der Waals surface area contributed by atoms with Gasteiger partial charge in [-0.15, -0.1) is 6.42 Å². The first-order valence-corrected chi connectivity index (χ1v) is 6.89. The molecule has 5 heteroatoms. The van der Waals surface area contributed by atoms with Crippen molar-refractivity contribution in [2.24, 2.45) is 0 Å². The van der Waals surface area contributed by atoms with E-state index in [1.165, 1.54) is 13.2 Å². The van der Waals surface area contributed by atoms with Crippen molar-refractivity contribution in [2.75, 3.05) is 12.0 Å². The van der Waals surface area contributed by atoms with Crippen LogP contribution in [-0.2, 0) is 11.2 Å². The van der Waals surface area contributed by atoms with Crippen LogP contribution in [0.1, 0.15) is 21.5 Å². The highest BCUT2D eigenvalue weighted by Crippen LogP contribution is 2.34. The number of aromatic hydroxyl groups is 1. The fourth-order valence-corrected chi connectivity index (χ4v) is 2.62. The Morgan fingerprint density at radius 2 is 2.04 bits per heavy atom. The normalized spacial score (nSPS) is 13.5. The Morgan fingerprint density at radius 1 is 1.26 bits per heavy atom. The number of carbonyl (C=O) groups excluding carboxylic acids is 2. The summed E-state index contributed by atoms with van der Waals surface area (Å²) in [6.45, 7) is 0. The lowest BCUT2D eigenvalue weighted by Crippen LogP contribution is -2.42. The molecule has 1 aliphatic heterocycles. The molecule has 0 unspecified atom stereocenters. The molecule has 0 bridgehead atoms. The summed E-state index contributed by atoms with van der Waals surface area (Å²) >= 11 is 0. The largest absolute Gasteiger partial charge is 0.507 e. The standard InChI is InChI=1S/C18H13NO4/c1-3-11-5-4-6-13(7-11)19-16(21)9-12-8-14(23-2)10-15(20)17(12)18(19)22/h1,4-8,10,20H,9H2,2H3. The predicted molar refractivity (Wildman–Crippen MR) is 84.6 cm³/mol. The Kier molecular flexibility index (Phi) is 3.51. The number of methoxy groups -OCH3 is 1. The third kappa shape index (κ3) is 2.40. The van der Waals surface area contributed by atoms with E-state index >= 15 is 0 Å². The van der Waals surface area contributed by atoms with Gasteiger partial charge in [-0.1, -0.05) is 12.0 Å². The van der Waals surface area contributed by atoms with Crippen LogP contribution in [0.15, 0.2) is 36.4 Å². The van der Waals surface area contributed by atoms with Crippen LogP contribution in [0, 0.1) is 12.3 Å². The number of hydrogen-bond acceptors (Lipinski definition) is 4. The van der Waals surface area contributed by atoms with Gasteiger partial charge < -0.3 is 9.84 Å². The lowest BCUT2D eigenvalue weighted by molar-refractivity contribution is -0.117. The molecule has 114 valence electrons. The van der Waals surface area contributed by atoms with Gasteiger partial charge in [0.1, 0.15) is 11.5 Å². The Bertz CT molecular complexity index is 864. The molecular formula is C18H13NO4. The molecule has 0 radical (unpaired) electrons. The zero-order chi connectivity index (χ0) is 16.6. The molecule has 2 aromatic rings. The summed E-state index contributed by atoms with van der Waals surface area (Å²) in [6, 6.07) is 9.53. The van der Waals surface area contributed by atoms with Crippen molar-refractivity contribution < 1.29 is 19.4 Å². The highest BCUT2D eigenvalue weighted by Gasteiger charge is 2.34. The molecule has 5 nitrogen and oxygen atoms in total. The fraction of sp³-hybridized carbons (Fsp3) is 0.111. The molecule has 0 aromatic heterocycles. The maximum atomic E-state index is 12.7. The van der Waals surface area contributed by atoms with Crippen LogP contribution in [0.3, 0.4) is 0 Å². The lowest BCUT2D eigenvalue weighted by Gasteiger charge is -2.27. The fourth-order valence-electron chi connectivity index (χ4n) is 2.62. The zero-order valence-corrected chi connectivity index (χ0v) is 12.4. The van der Waals surface area contributed by atoms with Crippen molar-refractivity contribution in [1.82, 2.24) is 0 Å². The van der Waals surface area contributed by atoms with E-state index in [1.807, 2.05) is 0 Å². The van der Waals surface area contributed by atoms with Gasteiger partial charge in [-0.05, 0) is 29.8 Å². The number of terminal acetylenes is 1. The Balaban J connectivity index is 2.11. The van der Waals surface area contributed by atoms with E-state index in [0.717, 1.165) is 4.90 Å². The lowest BCUT2D eigenvalue weighted by atomic mass is 9.96. The molecular weight excluding hydrogens is 294 g/mol. The Morgan fingerprint density at radius 3 is 2.74 bits per heavy atom. The summed E-state index contributed by atoms with van der Waals surface area (Å²) in [5.74, 6) is 1.68. The van der Waals surface area contributed by atoms with Gasteiger partial charge in [-0.2, -0.15) is 0 Å². The van der Waals surface area contributed by atoms with Crippen LogP contribution in [0.25, 0.3) is 0 Å². The zero-order valence-electron chi connectivity index (χ0n) is 12.4. The van der Waals surface area contributed by atoms with Crippen molar-refractivity contribution in [1.29, 1.82) is 0 Å².